The molecule has 2 amide bonds. The molecule has 6 heteroatoms. The Kier molecular flexibility index (Phi) is 4.00. The smallest absolute Gasteiger partial charge is 0.410 e. The Labute approximate surface area is 136 Å². The summed E-state index contributed by atoms with van der Waals surface area (Å²) in [5, 5.41) is 0. The molecule has 3 heterocycles. The number of nitrogens with zero attached hydrogens (tertiary/aromatic N) is 3. The summed E-state index contributed by atoms with van der Waals surface area (Å²) < 4.78 is 5.43. The summed E-state index contributed by atoms with van der Waals surface area (Å²) in [5.41, 5.74) is 0.196. The molecule has 2 saturated heterocycles. The maximum absolute atomic E-state index is 12.5. The maximum Gasteiger partial charge on any atom is 0.410 e. The van der Waals surface area contributed by atoms with Gasteiger partial charge in [-0.2, -0.15) is 0 Å². The number of pyridine rings is 1. The van der Waals surface area contributed by atoms with Gasteiger partial charge in [0.1, 0.15) is 5.60 Å². The second-order valence-corrected chi connectivity index (χ2v) is 7.35. The number of ether oxygens (including phenoxy) is 1. The molecular weight excluding hydrogens is 294 g/mol. The minimum absolute atomic E-state index is 0.0469. The molecule has 1 aromatic rings. The van der Waals surface area contributed by atoms with Gasteiger partial charge in [0.05, 0.1) is 0 Å². The standard InChI is InChI=1S/C17H23N3O3/c1-17(2,3)23-16(22)20-10-13-8-19(9-14(13)11-20)15(21)12-4-6-18-7-5-12/h4-7,13-14H,8-11H2,1-3H3. The molecule has 0 radical (unpaired) electrons. The number of aromatic nitrogens is 1. The Morgan fingerprint density at radius 3 is 2.09 bits per heavy atom. The van der Waals surface area contributed by atoms with Crippen molar-refractivity contribution < 1.29 is 14.3 Å². The van der Waals surface area contributed by atoms with Crippen LogP contribution in [0.1, 0.15) is 31.1 Å². The van der Waals surface area contributed by atoms with Gasteiger partial charge in [0.25, 0.3) is 5.91 Å². The topological polar surface area (TPSA) is 62.7 Å². The summed E-state index contributed by atoms with van der Waals surface area (Å²) in [7, 11) is 0. The Bertz CT molecular complexity index is 583. The molecule has 6 nitrogen and oxygen atoms in total. The molecule has 0 spiro atoms. The zero-order valence-electron chi connectivity index (χ0n) is 13.9. The van der Waals surface area contributed by atoms with Crippen molar-refractivity contribution in [3.8, 4) is 0 Å². The van der Waals surface area contributed by atoms with Crippen molar-refractivity contribution in [1.82, 2.24) is 14.8 Å². The van der Waals surface area contributed by atoms with Crippen molar-refractivity contribution in [3.63, 3.8) is 0 Å². The number of carbonyl (C=O) groups is 2. The minimum atomic E-state index is -0.474. The highest BCUT2D eigenvalue weighted by atomic mass is 16.6. The predicted molar refractivity (Wildman–Crippen MR) is 84.9 cm³/mol. The van der Waals surface area contributed by atoms with E-state index in [0.29, 0.717) is 43.6 Å². The summed E-state index contributed by atoms with van der Waals surface area (Å²) in [6.45, 7) is 8.35. The molecule has 2 aliphatic rings. The Morgan fingerprint density at radius 2 is 1.57 bits per heavy atom. The average Bonchev–Trinajstić information content (AvgIpc) is 3.04. The highest BCUT2D eigenvalue weighted by molar-refractivity contribution is 5.94. The van der Waals surface area contributed by atoms with E-state index in [1.165, 1.54) is 0 Å². The van der Waals surface area contributed by atoms with Crippen LogP contribution in [0.2, 0.25) is 0 Å². The van der Waals surface area contributed by atoms with Gasteiger partial charge in [-0.1, -0.05) is 0 Å². The molecule has 0 aromatic carbocycles. The van der Waals surface area contributed by atoms with Gasteiger partial charge in [-0.15, -0.1) is 0 Å². The van der Waals surface area contributed by atoms with E-state index < -0.39 is 5.60 Å². The van der Waals surface area contributed by atoms with Crippen LogP contribution in [0, 0.1) is 11.8 Å². The van der Waals surface area contributed by atoms with Gasteiger partial charge in [0, 0.05) is 56.0 Å². The molecule has 2 aliphatic heterocycles. The predicted octanol–water partition coefficient (Wildman–Crippen LogP) is 2.02. The number of rotatable bonds is 1. The summed E-state index contributed by atoms with van der Waals surface area (Å²) in [4.78, 5) is 32.2. The van der Waals surface area contributed by atoms with Gasteiger partial charge in [0.2, 0.25) is 0 Å². The van der Waals surface area contributed by atoms with Crippen LogP contribution in [0.3, 0.4) is 0 Å². The first-order valence-corrected chi connectivity index (χ1v) is 8.01. The fourth-order valence-electron chi connectivity index (χ4n) is 3.31. The molecule has 1 aromatic heterocycles. The Balaban J connectivity index is 1.57. The Hall–Kier alpha value is -2.11. The number of likely N-dealkylation sites (tertiary alicyclic amines) is 2. The molecule has 2 fully saturated rings. The number of hydrogen-bond donors (Lipinski definition) is 0. The summed E-state index contributed by atoms with van der Waals surface area (Å²) in [6.07, 6.45) is 3.02. The molecule has 2 atom stereocenters. The first kappa shape index (κ1) is 15.8. The van der Waals surface area contributed by atoms with Gasteiger partial charge < -0.3 is 14.5 Å². The van der Waals surface area contributed by atoms with Crippen molar-refractivity contribution in [3.05, 3.63) is 30.1 Å². The van der Waals surface area contributed by atoms with Gasteiger partial charge >= 0.3 is 6.09 Å². The first-order valence-electron chi connectivity index (χ1n) is 8.01. The molecular formula is C17H23N3O3. The lowest BCUT2D eigenvalue weighted by Gasteiger charge is -2.26. The van der Waals surface area contributed by atoms with E-state index in [4.69, 9.17) is 4.74 Å². The molecule has 3 rings (SSSR count). The van der Waals surface area contributed by atoms with Crippen LogP contribution in [-0.2, 0) is 4.74 Å². The second kappa shape index (κ2) is 5.83. The van der Waals surface area contributed by atoms with E-state index in [1.807, 2.05) is 25.7 Å². The maximum atomic E-state index is 12.5. The summed E-state index contributed by atoms with van der Waals surface area (Å²) >= 11 is 0. The van der Waals surface area contributed by atoms with Gasteiger partial charge in [-0.3, -0.25) is 9.78 Å². The summed E-state index contributed by atoms with van der Waals surface area (Å²) in [5.74, 6) is 0.729. The molecule has 124 valence electrons. The number of hydrogen-bond acceptors (Lipinski definition) is 4. The molecule has 0 N–H and O–H groups in total. The first-order chi connectivity index (χ1) is 10.8. The van der Waals surface area contributed by atoms with Crippen LogP contribution in [0.5, 0.6) is 0 Å². The molecule has 23 heavy (non-hydrogen) atoms. The van der Waals surface area contributed by atoms with Gasteiger partial charge in [-0.05, 0) is 32.9 Å². The third kappa shape index (κ3) is 3.46. The third-order valence-corrected chi connectivity index (χ3v) is 4.35. The van der Waals surface area contributed by atoms with Crippen LogP contribution in [0.25, 0.3) is 0 Å². The van der Waals surface area contributed by atoms with Crippen LogP contribution < -0.4 is 0 Å². The van der Waals surface area contributed by atoms with E-state index in [1.54, 1.807) is 29.4 Å². The SMILES string of the molecule is CC(C)(C)OC(=O)N1CC2CN(C(=O)c3ccncc3)CC2C1. The fourth-order valence-corrected chi connectivity index (χ4v) is 3.31. The van der Waals surface area contributed by atoms with Crippen molar-refractivity contribution in [2.24, 2.45) is 11.8 Å². The van der Waals surface area contributed by atoms with E-state index in [0.717, 1.165) is 0 Å². The normalized spacial score (nSPS) is 23.8. The largest absolute Gasteiger partial charge is 0.444 e. The van der Waals surface area contributed by atoms with Crippen molar-refractivity contribution in [1.29, 1.82) is 0 Å². The lowest BCUT2D eigenvalue weighted by atomic mass is 10.0. The summed E-state index contributed by atoms with van der Waals surface area (Å²) in [6, 6.07) is 3.48. The third-order valence-electron chi connectivity index (χ3n) is 4.35. The molecule has 0 aliphatic carbocycles. The molecule has 2 unspecified atom stereocenters. The van der Waals surface area contributed by atoms with E-state index in [9.17, 15) is 9.59 Å². The average molecular weight is 317 g/mol. The van der Waals surface area contributed by atoms with Crippen molar-refractivity contribution in [2.45, 2.75) is 26.4 Å². The van der Waals surface area contributed by atoms with Crippen LogP contribution >= 0.6 is 0 Å². The van der Waals surface area contributed by atoms with E-state index in [-0.39, 0.29) is 12.0 Å². The van der Waals surface area contributed by atoms with Crippen LogP contribution in [-0.4, -0.2) is 58.6 Å². The van der Waals surface area contributed by atoms with E-state index >= 15 is 0 Å². The zero-order valence-corrected chi connectivity index (χ0v) is 13.9. The highest BCUT2D eigenvalue weighted by Gasteiger charge is 2.44. The quantitative estimate of drug-likeness (QED) is 0.795. The monoisotopic (exact) mass is 317 g/mol. The second-order valence-electron chi connectivity index (χ2n) is 7.35. The highest BCUT2D eigenvalue weighted by Crippen LogP contribution is 2.32. The molecule has 0 bridgehead atoms. The van der Waals surface area contributed by atoms with Crippen molar-refractivity contribution >= 4 is 12.0 Å². The lowest BCUT2D eigenvalue weighted by Crippen LogP contribution is -2.38. The zero-order chi connectivity index (χ0) is 16.6. The Morgan fingerprint density at radius 1 is 1.04 bits per heavy atom. The van der Waals surface area contributed by atoms with Crippen LogP contribution in [0.15, 0.2) is 24.5 Å². The molecule has 0 saturated carbocycles. The number of fused-ring (bicyclic) bond motifs is 1. The lowest BCUT2D eigenvalue weighted by molar-refractivity contribution is 0.0275. The number of amides is 2. The fraction of sp³-hybridized carbons (Fsp3) is 0.588. The van der Waals surface area contributed by atoms with Crippen molar-refractivity contribution in [2.75, 3.05) is 26.2 Å². The number of carbonyl (C=O) groups excluding carboxylic acids is 2. The van der Waals surface area contributed by atoms with Gasteiger partial charge in [0.15, 0.2) is 0 Å². The minimum Gasteiger partial charge on any atom is -0.444 e. The van der Waals surface area contributed by atoms with Gasteiger partial charge in [-0.25, -0.2) is 4.79 Å². The van der Waals surface area contributed by atoms with E-state index in [2.05, 4.69) is 4.98 Å². The van der Waals surface area contributed by atoms with Crippen LogP contribution in [0.4, 0.5) is 4.79 Å².